The normalized spacial score (nSPS) is 11.6. The monoisotopic (exact) mass is 444 g/mol. The Morgan fingerprint density at radius 3 is 1.64 bits per heavy atom. The molecule has 0 amide bonds. The van der Waals surface area contributed by atoms with Gasteiger partial charge in [0, 0.05) is 59.2 Å². The van der Waals surface area contributed by atoms with Crippen molar-refractivity contribution in [3.05, 3.63) is 107 Å². The van der Waals surface area contributed by atoms with Crippen LogP contribution in [0, 0.1) is 0 Å². The number of methoxy groups -OCH3 is 2. The molecule has 0 spiro atoms. The van der Waals surface area contributed by atoms with Crippen molar-refractivity contribution in [2.45, 2.75) is 0 Å². The van der Waals surface area contributed by atoms with Crippen LogP contribution in [0.5, 0.6) is 0 Å². The van der Waals surface area contributed by atoms with Crippen LogP contribution in [0.3, 0.4) is 0 Å². The molecule has 0 fully saturated rings. The summed E-state index contributed by atoms with van der Waals surface area (Å²) < 4.78 is 10.6. The van der Waals surface area contributed by atoms with E-state index in [0.717, 1.165) is 0 Å². The number of ether oxygens (including phenoxy) is 2. The molecule has 0 aliphatic rings. The first-order chi connectivity index (χ1) is 15.9. The molecule has 0 atom stereocenters. The molecule has 166 valence electrons. The minimum Gasteiger partial charge on any atom is -0.496 e. The first kappa shape index (κ1) is 23.1. The number of allylic oxidation sites excluding steroid dienone is 2. The Balaban J connectivity index is 2.01. The molecule has 2 aromatic heterocycles. The van der Waals surface area contributed by atoms with Crippen LogP contribution in [0.1, 0.15) is 42.2 Å². The number of aromatic carboxylic acids is 1. The molecule has 1 N–H and O–H groups in total. The van der Waals surface area contributed by atoms with Gasteiger partial charge in [0.15, 0.2) is 11.6 Å². The lowest BCUT2D eigenvalue weighted by Crippen LogP contribution is -2.10. The van der Waals surface area contributed by atoms with E-state index >= 15 is 0 Å². The molecule has 3 rings (SSSR count). The zero-order valence-electron chi connectivity index (χ0n) is 17.9. The number of rotatable bonds is 9. The second-order valence-corrected chi connectivity index (χ2v) is 6.69. The van der Waals surface area contributed by atoms with E-state index < -0.39 is 17.5 Å². The van der Waals surface area contributed by atoms with Gasteiger partial charge in [0.25, 0.3) is 0 Å². The van der Waals surface area contributed by atoms with Crippen molar-refractivity contribution in [3.8, 4) is 0 Å². The Kier molecular flexibility index (Phi) is 7.43. The average Bonchev–Trinajstić information content (AvgIpc) is 2.86. The number of hydrogen-bond acceptors (Lipinski definition) is 7. The van der Waals surface area contributed by atoms with Gasteiger partial charge in [-0.3, -0.25) is 19.6 Å². The minimum atomic E-state index is -1.29. The molecular weight excluding hydrogens is 424 g/mol. The number of ketones is 2. The number of hydrogen-bond donors (Lipinski definition) is 1. The van der Waals surface area contributed by atoms with E-state index in [1.807, 2.05) is 0 Å². The van der Waals surface area contributed by atoms with E-state index in [2.05, 4.69) is 9.97 Å². The molecule has 0 bridgehead atoms. The standard InChI is InChI=1S/C25H20N2O6/c1-32-23(16-5-9-26-10-6-16)14-21(28)18-3-4-19(25(30)31)20(13-18)22(29)15-24(33-2)17-7-11-27-12-8-17/h3-15H,1-2H3,(H,30,31). The van der Waals surface area contributed by atoms with Gasteiger partial charge in [-0.1, -0.05) is 6.07 Å². The highest BCUT2D eigenvalue weighted by molar-refractivity contribution is 6.16. The fourth-order valence-electron chi connectivity index (χ4n) is 3.04. The second kappa shape index (κ2) is 10.6. The lowest BCUT2D eigenvalue weighted by molar-refractivity contribution is 0.0692. The number of carboxylic acid groups (broad SMARTS) is 1. The van der Waals surface area contributed by atoms with Gasteiger partial charge in [0.1, 0.15) is 11.5 Å². The van der Waals surface area contributed by atoms with Crippen LogP contribution < -0.4 is 0 Å². The summed E-state index contributed by atoms with van der Waals surface area (Å²) in [6.07, 6.45) is 8.65. The van der Waals surface area contributed by atoms with Crippen LogP contribution in [0.25, 0.3) is 11.5 Å². The molecule has 0 saturated carbocycles. The maximum atomic E-state index is 13.0. The van der Waals surface area contributed by atoms with Gasteiger partial charge < -0.3 is 14.6 Å². The van der Waals surface area contributed by atoms with Gasteiger partial charge in [-0.25, -0.2) is 4.79 Å². The fourth-order valence-corrected chi connectivity index (χ4v) is 3.04. The summed E-state index contributed by atoms with van der Waals surface area (Å²) in [5.41, 5.74) is 0.985. The van der Waals surface area contributed by atoms with E-state index in [9.17, 15) is 19.5 Å². The molecule has 1 aromatic carbocycles. The molecular formula is C25H20N2O6. The van der Waals surface area contributed by atoms with E-state index in [1.54, 1.807) is 36.7 Å². The predicted molar refractivity (Wildman–Crippen MR) is 121 cm³/mol. The summed E-state index contributed by atoms with van der Waals surface area (Å²) >= 11 is 0. The Labute approximate surface area is 189 Å². The van der Waals surface area contributed by atoms with Crippen LogP contribution >= 0.6 is 0 Å². The molecule has 0 unspecified atom stereocenters. The van der Waals surface area contributed by atoms with Gasteiger partial charge in [0.05, 0.1) is 19.8 Å². The SMILES string of the molecule is COC(=CC(=O)c1ccc(C(=O)O)c(C(=O)C=C(OC)c2ccncc2)c1)c1ccncc1. The van der Waals surface area contributed by atoms with Crippen molar-refractivity contribution in [1.82, 2.24) is 9.97 Å². The number of aromatic nitrogens is 2. The van der Waals surface area contributed by atoms with E-state index in [1.165, 1.54) is 57.0 Å². The van der Waals surface area contributed by atoms with Crippen LogP contribution in [0.15, 0.2) is 79.4 Å². The first-order valence-electron chi connectivity index (χ1n) is 9.72. The van der Waals surface area contributed by atoms with Crippen LogP contribution in [0.2, 0.25) is 0 Å². The van der Waals surface area contributed by atoms with E-state index in [0.29, 0.717) is 16.9 Å². The number of pyridine rings is 2. The van der Waals surface area contributed by atoms with Crippen molar-refractivity contribution in [3.63, 3.8) is 0 Å². The summed E-state index contributed by atoms with van der Waals surface area (Å²) in [5.74, 6) is -1.84. The molecule has 0 aliphatic carbocycles. The smallest absolute Gasteiger partial charge is 0.336 e. The Morgan fingerprint density at radius 2 is 1.18 bits per heavy atom. The molecule has 3 aromatic rings. The second-order valence-electron chi connectivity index (χ2n) is 6.69. The fraction of sp³-hybridized carbons (Fsp3) is 0.0800. The third-order valence-electron chi connectivity index (χ3n) is 4.69. The van der Waals surface area contributed by atoms with Crippen LogP contribution in [-0.2, 0) is 9.47 Å². The molecule has 8 nitrogen and oxygen atoms in total. The predicted octanol–water partition coefficient (Wildman–Crippen LogP) is 3.92. The third-order valence-corrected chi connectivity index (χ3v) is 4.69. The highest BCUT2D eigenvalue weighted by atomic mass is 16.5. The molecule has 0 radical (unpaired) electrons. The Bertz CT molecular complexity index is 1230. The largest absolute Gasteiger partial charge is 0.496 e. The number of carbonyl (C=O) groups excluding carboxylic acids is 2. The maximum Gasteiger partial charge on any atom is 0.336 e. The van der Waals surface area contributed by atoms with E-state index in [-0.39, 0.29) is 22.4 Å². The van der Waals surface area contributed by atoms with Crippen LogP contribution in [0.4, 0.5) is 0 Å². The zero-order valence-corrected chi connectivity index (χ0v) is 17.9. The summed E-state index contributed by atoms with van der Waals surface area (Å²) in [4.78, 5) is 45.4. The summed E-state index contributed by atoms with van der Waals surface area (Å²) in [5, 5.41) is 9.55. The third kappa shape index (κ3) is 5.56. The average molecular weight is 444 g/mol. The zero-order chi connectivity index (χ0) is 23.8. The highest BCUT2D eigenvalue weighted by Gasteiger charge is 2.19. The summed E-state index contributed by atoms with van der Waals surface area (Å²) in [6, 6.07) is 10.5. The van der Waals surface area contributed by atoms with Gasteiger partial charge in [0.2, 0.25) is 0 Å². The molecule has 2 heterocycles. The summed E-state index contributed by atoms with van der Waals surface area (Å²) in [6.45, 7) is 0. The Hall–Kier alpha value is -4.59. The van der Waals surface area contributed by atoms with Crippen molar-refractivity contribution in [1.29, 1.82) is 0 Å². The molecule has 33 heavy (non-hydrogen) atoms. The van der Waals surface area contributed by atoms with Crippen molar-refractivity contribution < 1.29 is 29.0 Å². The first-order valence-corrected chi connectivity index (χ1v) is 9.72. The van der Waals surface area contributed by atoms with Crippen molar-refractivity contribution >= 4 is 29.1 Å². The van der Waals surface area contributed by atoms with Gasteiger partial charge >= 0.3 is 5.97 Å². The minimum absolute atomic E-state index is 0.128. The molecule has 0 aliphatic heterocycles. The highest BCUT2D eigenvalue weighted by Crippen LogP contribution is 2.21. The Morgan fingerprint density at radius 1 is 0.697 bits per heavy atom. The topological polar surface area (TPSA) is 116 Å². The lowest BCUT2D eigenvalue weighted by Gasteiger charge is -2.09. The number of nitrogens with zero attached hydrogens (tertiary/aromatic N) is 2. The number of benzene rings is 1. The van der Waals surface area contributed by atoms with Crippen molar-refractivity contribution in [2.75, 3.05) is 14.2 Å². The summed E-state index contributed by atoms with van der Waals surface area (Å²) in [7, 11) is 2.83. The van der Waals surface area contributed by atoms with Gasteiger partial charge in [-0.15, -0.1) is 0 Å². The number of carboxylic acids is 1. The van der Waals surface area contributed by atoms with E-state index in [4.69, 9.17) is 9.47 Å². The van der Waals surface area contributed by atoms with Gasteiger partial charge in [-0.05, 0) is 36.4 Å². The quantitative estimate of drug-likeness (QED) is 0.300. The maximum absolute atomic E-state index is 13.0. The van der Waals surface area contributed by atoms with Gasteiger partial charge in [-0.2, -0.15) is 0 Å². The molecule has 0 saturated heterocycles. The lowest BCUT2D eigenvalue weighted by atomic mass is 9.97. The van der Waals surface area contributed by atoms with Crippen molar-refractivity contribution in [2.24, 2.45) is 0 Å². The molecule has 8 heteroatoms. The number of carbonyl (C=O) groups is 3. The van der Waals surface area contributed by atoms with Crippen LogP contribution in [-0.4, -0.2) is 46.8 Å².